The van der Waals surface area contributed by atoms with E-state index in [4.69, 9.17) is 4.74 Å². The molecule has 0 aliphatic heterocycles. The number of hydrogen-bond donors (Lipinski definition) is 1. The number of nitro groups is 1. The zero-order valence-corrected chi connectivity index (χ0v) is 15.1. The van der Waals surface area contributed by atoms with Crippen molar-refractivity contribution in [2.24, 2.45) is 0 Å². The largest absolute Gasteiger partial charge is 0.417 e. The molecule has 1 N–H and O–H groups in total. The Balaban J connectivity index is 1.73. The normalized spacial score (nSPS) is 10.9. The van der Waals surface area contributed by atoms with Gasteiger partial charge in [0, 0.05) is 11.8 Å². The van der Waals surface area contributed by atoms with Crippen LogP contribution in [-0.4, -0.2) is 19.4 Å². The van der Waals surface area contributed by atoms with Gasteiger partial charge in [-0.25, -0.2) is 13.2 Å². The molecule has 0 saturated carbocycles. The van der Waals surface area contributed by atoms with Crippen LogP contribution in [-0.2, 0) is 9.84 Å². The van der Waals surface area contributed by atoms with E-state index in [2.05, 4.69) is 5.32 Å². The third-order valence-corrected chi connectivity index (χ3v) is 5.51. The smallest absolute Gasteiger partial charge is 0.403 e. The molecular formula is C19H14N2O6S. The van der Waals surface area contributed by atoms with Gasteiger partial charge in [-0.05, 0) is 42.5 Å². The van der Waals surface area contributed by atoms with E-state index >= 15 is 0 Å². The molecule has 0 atom stereocenters. The lowest BCUT2D eigenvalue weighted by Gasteiger charge is -2.08. The zero-order chi connectivity index (χ0) is 20.1. The summed E-state index contributed by atoms with van der Waals surface area (Å²) in [6, 6.07) is 18.9. The fourth-order valence-electron chi connectivity index (χ4n) is 2.39. The van der Waals surface area contributed by atoms with Crippen molar-refractivity contribution in [3.05, 3.63) is 89.0 Å². The lowest BCUT2D eigenvalue weighted by atomic mass is 10.3. The van der Waals surface area contributed by atoms with Crippen LogP contribution in [0.4, 0.5) is 16.2 Å². The molecule has 28 heavy (non-hydrogen) atoms. The number of benzene rings is 3. The van der Waals surface area contributed by atoms with Gasteiger partial charge >= 0.3 is 11.8 Å². The van der Waals surface area contributed by atoms with Crippen molar-refractivity contribution in [2.75, 3.05) is 5.32 Å². The van der Waals surface area contributed by atoms with Gasteiger partial charge in [0.15, 0.2) is 0 Å². The molecule has 142 valence electrons. The molecule has 0 unspecified atom stereocenters. The maximum atomic E-state index is 12.5. The second kappa shape index (κ2) is 7.89. The van der Waals surface area contributed by atoms with Gasteiger partial charge in [0.05, 0.1) is 14.7 Å². The van der Waals surface area contributed by atoms with Gasteiger partial charge in [-0.2, -0.15) is 0 Å². The van der Waals surface area contributed by atoms with Crippen molar-refractivity contribution in [3.63, 3.8) is 0 Å². The number of anilines is 1. The Morgan fingerprint density at radius 3 is 2.07 bits per heavy atom. The molecule has 0 spiro atoms. The Morgan fingerprint density at radius 2 is 1.43 bits per heavy atom. The predicted octanol–water partition coefficient (Wildman–Crippen LogP) is 4.04. The van der Waals surface area contributed by atoms with Crippen LogP contribution in [0.5, 0.6) is 5.75 Å². The Hall–Kier alpha value is -3.72. The maximum Gasteiger partial charge on any atom is 0.417 e. The lowest BCUT2D eigenvalue weighted by Crippen LogP contribution is -2.17. The Labute approximate surface area is 160 Å². The fraction of sp³-hybridized carbons (Fsp3) is 0. The molecule has 0 aliphatic carbocycles. The number of hydrogen-bond acceptors (Lipinski definition) is 6. The molecule has 0 bridgehead atoms. The number of carbonyl (C=O) groups excluding carboxylic acids is 1. The number of nitro benzene ring substituents is 1. The molecule has 1 amide bonds. The number of nitrogens with zero attached hydrogens (tertiary/aromatic N) is 1. The standard InChI is InChI=1S/C19H14N2O6S/c22-19(27-18-9-5-4-8-17(18)21(23)24)20-14-10-12-16(13-11-14)28(25,26)15-6-2-1-3-7-15/h1-13H,(H,20,22). The van der Waals surface area contributed by atoms with E-state index in [-0.39, 0.29) is 26.9 Å². The zero-order valence-electron chi connectivity index (χ0n) is 14.3. The molecule has 3 aromatic carbocycles. The van der Waals surface area contributed by atoms with Crippen LogP contribution in [0, 0.1) is 10.1 Å². The number of sulfone groups is 1. The highest BCUT2D eigenvalue weighted by Crippen LogP contribution is 2.26. The van der Waals surface area contributed by atoms with E-state index in [9.17, 15) is 23.3 Å². The molecular weight excluding hydrogens is 384 g/mol. The van der Waals surface area contributed by atoms with Gasteiger partial charge < -0.3 is 4.74 Å². The molecule has 0 aromatic heterocycles. The second-order valence-corrected chi connectivity index (χ2v) is 7.53. The van der Waals surface area contributed by atoms with Gasteiger partial charge in [0.1, 0.15) is 0 Å². The third-order valence-electron chi connectivity index (χ3n) is 3.73. The monoisotopic (exact) mass is 398 g/mol. The van der Waals surface area contributed by atoms with E-state index in [1.807, 2.05) is 0 Å². The summed E-state index contributed by atoms with van der Waals surface area (Å²) in [5.74, 6) is -0.201. The maximum absolute atomic E-state index is 12.5. The molecule has 0 radical (unpaired) electrons. The lowest BCUT2D eigenvalue weighted by molar-refractivity contribution is -0.385. The van der Waals surface area contributed by atoms with Crippen LogP contribution in [0.15, 0.2) is 88.7 Å². The molecule has 0 fully saturated rings. The summed E-state index contributed by atoms with van der Waals surface area (Å²) in [4.78, 5) is 22.5. The number of nitrogens with one attached hydrogen (secondary N) is 1. The van der Waals surface area contributed by atoms with E-state index < -0.39 is 20.9 Å². The van der Waals surface area contributed by atoms with Crippen molar-refractivity contribution in [3.8, 4) is 5.75 Å². The van der Waals surface area contributed by atoms with Gasteiger partial charge in [0.2, 0.25) is 15.6 Å². The molecule has 0 saturated heterocycles. The summed E-state index contributed by atoms with van der Waals surface area (Å²) >= 11 is 0. The molecule has 3 aromatic rings. The molecule has 0 aliphatic rings. The average Bonchev–Trinajstić information content (AvgIpc) is 2.69. The van der Waals surface area contributed by atoms with Crippen LogP contribution >= 0.6 is 0 Å². The average molecular weight is 398 g/mol. The van der Waals surface area contributed by atoms with E-state index in [0.717, 1.165) is 0 Å². The minimum absolute atomic E-state index is 0.0660. The third kappa shape index (κ3) is 4.15. The summed E-state index contributed by atoms with van der Waals surface area (Å²) in [7, 11) is -3.67. The van der Waals surface area contributed by atoms with Gasteiger partial charge in [-0.15, -0.1) is 0 Å². The van der Waals surface area contributed by atoms with Crippen LogP contribution in [0.25, 0.3) is 0 Å². The van der Waals surface area contributed by atoms with Crippen molar-refractivity contribution in [2.45, 2.75) is 9.79 Å². The van der Waals surface area contributed by atoms with Crippen molar-refractivity contribution in [1.82, 2.24) is 0 Å². The second-order valence-electron chi connectivity index (χ2n) is 5.58. The summed E-state index contributed by atoms with van der Waals surface area (Å²) in [5, 5.41) is 13.3. The summed E-state index contributed by atoms with van der Waals surface area (Å²) in [5.41, 5.74) is -0.0717. The predicted molar refractivity (Wildman–Crippen MR) is 101 cm³/mol. The van der Waals surface area contributed by atoms with Crippen molar-refractivity contribution >= 4 is 27.3 Å². The Morgan fingerprint density at radius 1 is 0.857 bits per heavy atom. The number of carbonyl (C=O) groups is 1. The van der Waals surface area contributed by atoms with Gasteiger partial charge in [-0.1, -0.05) is 30.3 Å². The number of ether oxygens (including phenoxy) is 1. The topological polar surface area (TPSA) is 116 Å². The first-order valence-electron chi connectivity index (χ1n) is 8.00. The number of para-hydroxylation sites is 2. The first-order chi connectivity index (χ1) is 13.4. The molecule has 8 nitrogen and oxygen atoms in total. The van der Waals surface area contributed by atoms with Crippen LogP contribution in [0.3, 0.4) is 0 Å². The fourth-order valence-corrected chi connectivity index (χ4v) is 3.67. The highest BCUT2D eigenvalue weighted by Gasteiger charge is 2.19. The number of rotatable bonds is 5. The number of amides is 1. The Bertz CT molecular complexity index is 1110. The van der Waals surface area contributed by atoms with Crippen molar-refractivity contribution in [1.29, 1.82) is 0 Å². The molecule has 0 heterocycles. The SMILES string of the molecule is O=C(Nc1ccc(S(=O)(=O)c2ccccc2)cc1)Oc1ccccc1[N+](=O)[O-]. The summed E-state index contributed by atoms with van der Waals surface area (Å²) < 4.78 is 30.0. The first kappa shape index (κ1) is 19.1. The minimum Gasteiger partial charge on any atom is -0.403 e. The van der Waals surface area contributed by atoms with Crippen LogP contribution in [0.2, 0.25) is 0 Å². The Kier molecular flexibility index (Phi) is 5.37. The highest BCUT2D eigenvalue weighted by atomic mass is 32.2. The van der Waals surface area contributed by atoms with Crippen LogP contribution < -0.4 is 10.1 Å². The van der Waals surface area contributed by atoms with E-state index in [1.165, 1.54) is 60.7 Å². The highest BCUT2D eigenvalue weighted by molar-refractivity contribution is 7.91. The molecule has 3 rings (SSSR count). The molecule has 9 heteroatoms. The van der Waals surface area contributed by atoms with E-state index in [1.54, 1.807) is 18.2 Å². The van der Waals surface area contributed by atoms with Crippen molar-refractivity contribution < 1.29 is 22.9 Å². The van der Waals surface area contributed by atoms with Gasteiger partial charge in [0.25, 0.3) is 0 Å². The van der Waals surface area contributed by atoms with Crippen LogP contribution in [0.1, 0.15) is 0 Å². The first-order valence-corrected chi connectivity index (χ1v) is 9.49. The summed E-state index contributed by atoms with van der Waals surface area (Å²) in [6.45, 7) is 0. The quantitative estimate of drug-likeness (QED) is 0.512. The van der Waals surface area contributed by atoms with E-state index in [0.29, 0.717) is 0 Å². The minimum atomic E-state index is -3.67. The summed E-state index contributed by atoms with van der Waals surface area (Å²) in [6.07, 6.45) is -0.937. The van der Waals surface area contributed by atoms with Gasteiger partial charge in [-0.3, -0.25) is 15.4 Å².